The molecule has 0 fully saturated rings. The highest BCUT2D eigenvalue weighted by Crippen LogP contribution is 2.38. The zero-order valence-corrected chi connectivity index (χ0v) is 8.90. The van der Waals surface area contributed by atoms with E-state index in [9.17, 15) is 8.78 Å². The molecule has 5 heteroatoms. The number of ether oxygens (including phenoxy) is 1. The molecule has 15 heavy (non-hydrogen) atoms. The van der Waals surface area contributed by atoms with Gasteiger partial charge in [-0.2, -0.15) is 14.0 Å². The van der Waals surface area contributed by atoms with Gasteiger partial charge >= 0.3 is 5.92 Å². The number of aryl methyl sites for hydroxylation is 1. The van der Waals surface area contributed by atoms with E-state index in [1.807, 2.05) is 0 Å². The maximum atomic E-state index is 13.2. The highest BCUT2D eigenvalue weighted by Gasteiger charge is 2.35. The topological polar surface area (TPSA) is 33.0 Å². The smallest absolute Gasteiger partial charge is 0.361 e. The van der Waals surface area contributed by atoms with E-state index in [0.29, 0.717) is 5.56 Å². The van der Waals surface area contributed by atoms with E-state index in [1.165, 1.54) is 13.2 Å². The van der Waals surface area contributed by atoms with E-state index in [0.717, 1.165) is 12.1 Å². The van der Waals surface area contributed by atoms with Crippen molar-refractivity contribution in [2.24, 2.45) is 0 Å². The van der Waals surface area contributed by atoms with Crippen molar-refractivity contribution in [2.75, 3.05) is 7.11 Å². The van der Waals surface area contributed by atoms with Gasteiger partial charge in [0, 0.05) is 5.02 Å². The van der Waals surface area contributed by atoms with Gasteiger partial charge in [0.2, 0.25) is 0 Å². The Morgan fingerprint density at radius 2 is 2.07 bits per heavy atom. The lowest BCUT2D eigenvalue weighted by Gasteiger charge is -2.15. The molecule has 0 aliphatic heterocycles. The maximum Gasteiger partial charge on any atom is 0.361 e. The molecule has 0 aromatic heterocycles. The van der Waals surface area contributed by atoms with Crippen LogP contribution >= 0.6 is 11.6 Å². The maximum absolute atomic E-state index is 13.2. The second-order valence-corrected chi connectivity index (χ2v) is 3.43. The number of hydrogen-bond acceptors (Lipinski definition) is 2. The van der Waals surface area contributed by atoms with Crippen molar-refractivity contribution in [3.05, 3.63) is 28.3 Å². The fraction of sp³-hybridized carbons (Fsp3) is 0.300. The summed E-state index contributed by atoms with van der Waals surface area (Å²) >= 11 is 5.64. The van der Waals surface area contributed by atoms with Gasteiger partial charge in [-0.05, 0) is 24.6 Å². The van der Waals surface area contributed by atoms with Crippen molar-refractivity contribution in [2.45, 2.75) is 12.8 Å². The standard InChI is InChI=1S/C10H8ClF2NO/c1-6-3-7(11)4-8(9(6)15-2)10(12,13)5-14/h3-4H,1-2H3. The van der Waals surface area contributed by atoms with Crippen LogP contribution in [-0.4, -0.2) is 7.11 Å². The van der Waals surface area contributed by atoms with E-state index >= 15 is 0 Å². The van der Waals surface area contributed by atoms with Gasteiger partial charge in [-0.1, -0.05) is 11.6 Å². The predicted molar refractivity (Wildman–Crippen MR) is 52.2 cm³/mol. The quantitative estimate of drug-likeness (QED) is 0.783. The van der Waals surface area contributed by atoms with Crippen LogP contribution in [0.25, 0.3) is 0 Å². The summed E-state index contributed by atoms with van der Waals surface area (Å²) in [6.07, 6.45) is 0. The van der Waals surface area contributed by atoms with Crippen LogP contribution in [0.2, 0.25) is 5.02 Å². The molecule has 0 spiro atoms. The number of rotatable bonds is 2. The lowest BCUT2D eigenvalue weighted by Crippen LogP contribution is -2.12. The molecule has 0 unspecified atom stereocenters. The third-order valence-electron chi connectivity index (χ3n) is 1.92. The Labute approximate surface area is 91.0 Å². The molecule has 80 valence electrons. The van der Waals surface area contributed by atoms with Crippen LogP contribution in [0.4, 0.5) is 8.78 Å². The van der Waals surface area contributed by atoms with Gasteiger partial charge in [0.05, 0.1) is 12.7 Å². The summed E-state index contributed by atoms with van der Waals surface area (Å²) in [6, 6.07) is 3.45. The van der Waals surface area contributed by atoms with Crippen molar-refractivity contribution >= 4 is 11.6 Å². The normalized spacial score (nSPS) is 10.9. The van der Waals surface area contributed by atoms with Gasteiger partial charge in [-0.3, -0.25) is 0 Å². The molecule has 2 nitrogen and oxygen atoms in total. The van der Waals surface area contributed by atoms with Gasteiger partial charge in [0.1, 0.15) is 11.8 Å². The van der Waals surface area contributed by atoms with Crippen molar-refractivity contribution in [3.63, 3.8) is 0 Å². The molecule has 0 saturated heterocycles. The number of hydrogen-bond donors (Lipinski definition) is 0. The summed E-state index contributed by atoms with van der Waals surface area (Å²) < 4.78 is 31.2. The van der Waals surface area contributed by atoms with Crippen LogP contribution in [-0.2, 0) is 5.92 Å². The monoisotopic (exact) mass is 231 g/mol. The molecule has 0 bridgehead atoms. The summed E-state index contributed by atoms with van der Waals surface area (Å²) in [4.78, 5) is 0. The molecule has 0 amide bonds. The molecule has 1 rings (SSSR count). The van der Waals surface area contributed by atoms with Gasteiger partial charge in [-0.25, -0.2) is 0 Å². The molecule has 0 radical (unpaired) electrons. The van der Waals surface area contributed by atoms with Crippen LogP contribution in [0.5, 0.6) is 5.75 Å². The molecule has 0 aliphatic rings. The Morgan fingerprint density at radius 1 is 1.47 bits per heavy atom. The van der Waals surface area contributed by atoms with Gasteiger partial charge in [-0.15, -0.1) is 0 Å². The van der Waals surface area contributed by atoms with Crippen molar-refractivity contribution in [3.8, 4) is 11.8 Å². The summed E-state index contributed by atoms with van der Waals surface area (Å²) in [7, 11) is 1.27. The molecule has 0 atom stereocenters. The van der Waals surface area contributed by atoms with Crippen LogP contribution in [0.15, 0.2) is 12.1 Å². The zero-order valence-electron chi connectivity index (χ0n) is 8.14. The first-order chi connectivity index (χ1) is 6.92. The van der Waals surface area contributed by atoms with Crippen LogP contribution in [0, 0.1) is 18.3 Å². The Bertz CT molecular complexity index is 426. The second kappa shape index (κ2) is 4.03. The third-order valence-corrected chi connectivity index (χ3v) is 2.14. The van der Waals surface area contributed by atoms with E-state index < -0.39 is 11.5 Å². The summed E-state index contributed by atoms with van der Waals surface area (Å²) in [5.41, 5.74) is -0.0348. The molecule has 0 aliphatic carbocycles. The van der Waals surface area contributed by atoms with E-state index in [-0.39, 0.29) is 10.8 Å². The Balaban J connectivity index is 3.47. The number of benzene rings is 1. The lowest BCUT2D eigenvalue weighted by atomic mass is 10.0. The minimum Gasteiger partial charge on any atom is -0.496 e. The molecule has 0 N–H and O–H groups in total. The highest BCUT2D eigenvalue weighted by molar-refractivity contribution is 6.30. The predicted octanol–water partition coefficient (Wildman–Crippen LogP) is 3.27. The Morgan fingerprint density at radius 3 is 2.53 bits per heavy atom. The largest absolute Gasteiger partial charge is 0.496 e. The van der Waals surface area contributed by atoms with Crippen molar-refractivity contribution in [1.82, 2.24) is 0 Å². The van der Waals surface area contributed by atoms with E-state index in [2.05, 4.69) is 0 Å². The number of methoxy groups -OCH3 is 1. The summed E-state index contributed by atoms with van der Waals surface area (Å²) in [6.45, 7) is 1.58. The van der Waals surface area contributed by atoms with Gasteiger partial charge < -0.3 is 4.74 Å². The Hall–Kier alpha value is -1.34. The molecule has 1 aromatic carbocycles. The van der Waals surface area contributed by atoms with Crippen molar-refractivity contribution in [1.29, 1.82) is 5.26 Å². The number of nitrogens with zero attached hydrogens (tertiary/aromatic N) is 1. The van der Waals surface area contributed by atoms with Gasteiger partial charge in [0.15, 0.2) is 0 Å². The molecular formula is C10H8ClF2NO. The number of alkyl halides is 2. The molecule has 1 aromatic rings. The van der Waals surface area contributed by atoms with Crippen LogP contribution < -0.4 is 4.74 Å². The summed E-state index contributed by atoms with van der Waals surface area (Å²) in [5, 5.41) is 8.50. The average Bonchev–Trinajstić information content (AvgIpc) is 2.16. The molecule has 0 heterocycles. The molecular weight excluding hydrogens is 224 g/mol. The third kappa shape index (κ3) is 2.18. The zero-order chi connectivity index (χ0) is 11.6. The minimum absolute atomic E-state index is 0.00838. The van der Waals surface area contributed by atoms with Gasteiger partial charge in [0.25, 0.3) is 0 Å². The Kier molecular flexibility index (Phi) is 3.15. The number of halogens is 3. The molecule has 0 saturated carbocycles. The second-order valence-electron chi connectivity index (χ2n) is 2.99. The highest BCUT2D eigenvalue weighted by atomic mass is 35.5. The van der Waals surface area contributed by atoms with E-state index in [1.54, 1.807) is 6.92 Å². The first kappa shape index (κ1) is 11.7. The van der Waals surface area contributed by atoms with Crippen molar-refractivity contribution < 1.29 is 13.5 Å². The lowest BCUT2D eigenvalue weighted by molar-refractivity contribution is 0.0583. The first-order valence-corrected chi connectivity index (χ1v) is 4.44. The minimum atomic E-state index is -3.60. The van der Waals surface area contributed by atoms with E-state index in [4.69, 9.17) is 21.6 Å². The SMILES string of the molecule is COc1c(C)cc(Cl)cc1C(F)(F)C#N. The fourth-order valence-electron chi connectivity index (χ4n) is 1.29. The number of nitriles is 1. The first-order valence-electron chi connectivity index (χ1n) is 4.06. The van der Waals surface area contributed by atoms with Crippen LogP contribution in [0.1, 0.15) is 11.1 Å². The fourth-order valence-corrected chi connectivity index (χ4v) is 1.57. The van der Waals surface area contributed by atoms with Crippen LogP contribution in [0.3, 0.4) is 0 Å². The summed E-state index contributed by atoms with van der Waals surface area (Å²) in [5.74, 6) is -3.60. The average molecular weight is 232 g/mol.